The van der Waals surface area contributed by atoms with Crippen LogP contribution in [0, 0.1) is 0 Å². The highest BCUT2D eigenvalue weighted by atomic mass is 35.5. The predicted octanol–water partition coefficient (Wildman–Crippen LogP) is 5.05. The maximum Gasteiger partial charge on any atom is 0.247 e. The number of amides is 1. The Morgan fingerprint density at radius 2 is 1.96 bits per heavy atom. The number of rotatable bonds is 6. The Kier molecular flexibility index (Phi) is 7.04. The second-order valence-corrected chi connectivity index (χ2v) is 5.96. The van der Waals surface area contributed by atoms with Crippen LogP contribution >= 0.6 is 23.2 Å². The fourth-order valence-electron chi connectivity index (χ4n) is 2.11. The highest BCUT2D eigenvalue weighted by molar-refractivity contribution is 6.42. The predicted molar refractivity (Wildman–Crippen MR) is 98.9 cm³/mol. The molecule has 24 heavy (non-hydrogen) atoms. The summed E-state index contributed by atoms with van der Waals surface area (Å²) in [6.07, 6.45) is 8.66. The van der Waals surface area contributed by atoms with Crippen LogP contribution in [0.1, 0.15) is 18.2 Å². The van der Waals surface area contributed by atoms with E-state index in [1.807, 2.05) is 43.3 Å². The number of nitrogens with zero attached hydrogens (tertiary/aromatic N) is 2. The normalized spacial score (nSPS) is 11.3. The molecular weight excluding hydrogens is 343 g/mol. The summed E-state index contributed by atoms with van der Waals surface area (Å²) in [6.45, 7) is 2.74. The zero-order valence-electron chi connectivity index (χ0n) is 13.3. The van der Waals surface area contributed by atoms with Crippen molar-refractivity contribution >= 4 is 29.1 Å². The van der Waals surface area contributed by atoms with Gasteiger partial charge in [-0.2, -0.15) is 0 Å². The quantitative estimate of drug-likeness (QED) is 0.533. The lowest BCUT2D eigenvalue weighted by atomic mass is 10.2. The number of hydrogen-bond acceptors (Lipinski definition) is 2. The molecule has 0 aliphatic rings. The molecule has 3 nitrogen and oxygen atoms in total. The fourth-order valence-corrected chi connectivity index (χ4v) is 2.43. The molecule has 1 heterocycles. The third-order valence-corrected chi connectivity index (χ3v) is 4.03. The van der Waals surface area contributed by atoms with E-state index < -0.39 is 0 Å². The molecule has 0 saturated heterocycles. The summed E-state index contributed by atoms with van der Waals surface area (Å²) in [5.74, 6) is -0.0928. The van der Waals surface area contributed by atoms with E-state index >= 15 is 0 Å². The van der Waals surface area contributed by atoms with Crippen molar-refractivity contribution in [1.82, 2.24) is 9.88 Å². The Labute approximate surface area is 152 Å². The Bertz CT molecular complexity index is 742. The smallest absolute Gasteiger partial charge is 0.247 e. The summed E-state index contributed by atoms with van der Waals surface area (Å²) in [7, 11) is 0. The van der Waals surface area contributed by atoms with Gasteiger partial charge >= 0.3 is 0 Å². The molecule has 0 radical (unpaired) electrons. The molecule has 1 aromatic heterocycles. The van der Waals surface area contributed by atoms with Gasteiger partial charge in [-0.1, -0.05) is 53.6 Å². The Balaban J connectivity index is 2.20. The van der Waals surface area contributed by atoms with E-state index in [-0.39, 0.29) is 5.91 Å². The summed E-state index contributed by atoms with van der Waals surface area (Å²) in [6, 6.07) is 11.0. The molecule has 5 heteroatoms. The van der Waals surface area contributed by atoms with Crippen LogP contribution < -0.4 is 0 Å². The van der Waals surface area contributed by atoms with Crippen molar-refractivity contribution in [2.24, 2.45) is 0 Å². The summed E-state index contributed by atoms with van der Waals surface area (Å²) < 4.78 is 0. The van der Waals surface area contributed by atoms with Crippen LogP contribution in [0.15, 0.2) is 66.9 Å². The average Bonchev–Trinajstić information content (AvgIpc) is 2.58. The molecule has 0 spiro atoms. The molecule has 1 amide bonds. The third-order valence-electron chi connectivity index (χ3n) is 3.29. The minimum absolute atomic E-state index is 0.0928. The minimum Gasteiger partial charge on any atom is -0.329 e. The number of carbonyl (C=O) groups excluding carboxylic acids is 1. The number of hydrogen-bond donors (Lipinski definition) is 0. The Hall–Kier alpha value is -2.10. The highest BCUT2D eigenvalue weighted by Gasteiger charge is 2.13. The van der Waals surface area contributed by atoms with Crippen molar-refractivity contribution in [3.63, 3.8) is 0 Å². The molecule has 0 bridgehead atoms. The number of allylic oxidation sites excluding steroid dienone is 3. The van der Waals surface area contributed by atoms with Gasteiger partial charge in [0, 0.05) is 18.8 Å². The Morgan fingerprint density at radius 1 is 1.12 bits per heavy atom. The number of halogens is 2. The monoisotopic (exact) mass is 360 g/mol. The van der Waals surface area contributed by atoms with Crippen molar-refractivity contribution in [2.45, 2.75) is 20.0 Å². The van der Waals surface area contributed by atoms with Gasteiger partial charge in [0.05, 0.1) is 22.3 Å². The number of carbonyl (C=O) groups is 1. The van der Waals surface area contributed by atoms with Gasteiger partial charge in [-0.25, -0.2) is 0 Å². The van der Waals surface area contributed by atoms with Crippen molar-refractivity contribution in [1.29, 1.82) is 0 Å². The first kappa shape index (κ1) is 18.2. The molecule has 0 saturated carbocycles. The summed E-state index contributed by atoms with van der Waals surface area (Å²) in [5, 5.41) is 0.972. The Morgan fingerprint density at radius 3 is 2.62 bits per heavy atom. The van der Waals surface area contributed by atoms with Gasteiger partial charge in [0.25, 0.3) is 0 Å². The maximum absolute atomic E-state index is 12.5. The molecule has 0 N–H and O–H groups in total. The topological polar surface area (TPSA) is 33.2 Å². The van der Waals surface area contributed by atoms with E-state index in [1.54, 1.807) is 35.4 Å². The van der Waals surface area contributed by atoms with Crippen LogP contribution in [0.25, 0.3) is 0 Å². The maximum atomic E-state index is 12.5. The molecule has 0 fully saturated rings. The fraction of sp³-hybridized carbons (Fsp3) is 0.158. The molecule has 124 valence electrons. The van der Waals surface area contributed by atoms with Crippen molar-refractivity contribution in [3.05, 3.63) is 88.2 Å². The second kappa shape index (κ2) is 9.26. The molecule has 1 aromatic carbocycles. The first-order valence-corrected chi connectivity index (χ1v) is 8.28. The van der Waals surface area contributed by atoms with Crippen LogP contribution in [0.3, 0.4) is 0 Å². The van der Waals surface area contributed by atoms with Crippen LogP contribution in [0.4, 0.5) is 0 Å². The zero-order valence-corrected chi connectivity index (χ0v) is 14.8. The van der Waals surface area contributed by atoms with E-state index in [2.05, 4.69) is 4.98 Å². The standard InChI is InChI=1S/C19H18Cl2N2O/c1-2-3-4-8-19(24)23(14-16-7-5-6-11-22-16)13-15-9-10-17(20)18(21)12-15/h2-12H,13-14H2,1H3/b3-2+,8-4-. The van der Waals surface area contributed by atoms with Gasteiger partial charge in [0.15, 0.2) is 0 Å². The lowest BCUT2D eigenvalue weighted by molar-refractivity contribution is -0.127. The molecule has 0 atom stereocenters. The average molecular weight is 361 g/mol. The first-order valence-electron chi connectivity index (χ1n) is 7.52. The SMILES string of the molecule is C/C=C/C=C\C(=O)N(Cc1ccc(Cl)c(Cl)c1)Cc1ccccn1. The van der Waals surface area contributed by atoms with Crippen LogP contribution in [0.5, 0.6) is 0 Å². The summed E-state index contributed by atoms with van der Waals surface area (Å²) in [5.41, 5.74) is 1.73. The molecule has 0 aliphatic carbocycles. The van der Waals surface area contributed by atoms with Gasteiger partial charge in [0.2, 0.25) is 5.91 Å². The second-order valence-electron chi connectivity index (χ2n) is 5.15. The van der Waals surface area contributed by atoms with Crippen molar-refractivity contribution < 1.29 is 4.79 Å². The van der Waals surface area contributed by atoms with Gasteiger partial charge in [0.1, 0.15) is 0 Å². The summed E-state index contributed by atoms with van der Waals surface area (Å²) in [4.78, 5) is 18.5. The zero-order chi connectivity index (χ0) is 17.4. The highest BCUT2D eigenvalue weighted by Crippen LogP contribution is 2.23. The largest absolute Gasteiger partial charge is 0.329 e. The molecule has 0 aliphatic heterocycles. The molecule has 2 rings (SSSR count). The molecule has 2 aromatic rings. The van der Waals surface area contributed by atoms with Crippen LogP contribution in [0.2, 0.25) is 10.0 Å². The van der Waals surface area contributed by atoms with Crippen molar-refractivity contribution in [3.8, 4) is 0 Å². The van der Waals surface area contributed by atoms with Crippen LogP contribution in [-0.2, 0) is 17.9 Å². The lowest BCUT2D eigenvalue weighted by Crippen LogP contribution is -2.28. The molecule has 0 unspecified atom stereocenters. The van der Waals surface area contributed by atoms with E-state index in [9.17, 15) is 4.79 Å². The number of aromatic nitrogens is 1. The minimum atomic E-state index is -0.0928. The lowest BCUT2D eigenvalue weighted by Gasteiger charge is -2.21. The van der Waals surface area contributed by atoms with Gasteiger partial charge in [-0.15, -0.1) is 0 Å². The van der Waals surface area contributed by atoms with E-state index in [0.29, 0.717) is 23.1 Å². The molecular formula is C19H18Cl2N2O. The van der Waals surface area contributed by atoms with E-state index in [0.717, 1.165) is 11.3 Å². The third kappa shape index (κ3) is 5.52. The van der Waals surface area contributed by atoms with Crippen molar-refractivity contribution in [2.75, 3.05) is 0 Å². The first-order chi connectivity index (χ1) is 11.6. The number of pyridine rings is 1. The van der Waals surface area contributed by atoms with Gasteiger partial charge in [-0.05, 0) is 36.8 Å². The van der Waals surface area contributed by atoms with Gasteiger partial charge < -0.3 is 4.90 Å². The van der Waals surface area contributed by atoms with E-state index in [4.69, 9.17) is 23.2 Å². The van der Waals surface area contributed by atoms with Crippen LogP contribution in [-0.4, -0.2) is 15.8 Å². The number of benzene rings is 1. The van der Waals surface area contributed by atoms with E-state index in [1.165, 1.54) is 0 Å². The summed E-state index contributed by atoms with van der Waals surface area (Å²) >= 11 is 12.0. The van der Waals surface area contributed by atoms with Gasteiger partial charge in [-0.3, -0.25) is 9.78 Å².